The highest BCUT2D eigenvalue weighted by atomic mass is 35.5. The number of hydrogen-bond acceptors (Lipinski definition) is 3. The van der Waals surface area contributed by atoms with Crippen molar-refractivity contribution in [3.63, 3.8) is 0 Å². The second kappa shape index (κ2) is 5.38. The largest absolute Gasteiger partial charge is 0.433 e. The van der Waals surface area contributed by atoms with Crippen molar-refractivity contribution in [2.24, 2.45) is 5.73 Å². The number of amides is 1. The van der Waals surface area contributed by atoms with Crippen LogP contribution in [-0.2, 0) is 11.0 Å². The summed E-state index contributed by atoms with van der Waals surface area (Å²) in [5.74, 6) is 0. The van der Waals surface area contributed by atoms with Crippen LogP contribution < -0.4 is 5.73 Å². The molecule has 0 aliphatic heterocycles. The Balaban J connectivity index is 0.000000500. The van der Waals surface area contributed by atoms with E-state index in [1.165, 1.54) is 0 Å². The number of rotatable bonds is 0. The van der Waals surface area contributed by atoms with Crippen molar-refractivity contribution in [1.82, 2.24) is 9.97 Å². The highest BCUT2D eigenvalue weighted by molar-refractivity contribution is 6.28. The Hall–Kier alpha value is -1.37. The van der Waals surface area contributed by atoms with E-state index in [0.29, 0.717) is 0 Å². The Morgan fingerprint density at radius 1 is 1.50 bits per heavy atom. The second-order valence-corrected chi connectivity index (χ2v) is 2.18. The monoisotopic (exact) mass is 227 g/mol. The standard InChI is InChI=1S/C5H2ClF3N2.CH3NO/c6-4-10-2-1-3(11-4)5(7,8)9;2-1-3/h1-2H;1H,(H2,2,3). The Morgan fingerprint density at radius 2 is 2.00 bits per heavy atom. The van der Waals surface area contributed by atoms with Crippen LogP contribution in [0.25, 0.3) is 0 Å². The van der Waals surface area contributed by atoms with Gasteiger partial charge in [-0.05, 0) is 17.7 Å². The van der Waals surface area contributed by atoms with Gasteiger partial charge in [-0.3, -0.25) is 4.79 Å². The third-order valence-corrected chi connectivity index (χ3v) is 1.10. The first kappa shape index (κ1) is 12.6. The first-order valence-corrected chi connectivity index (χ1v) is 3.50. The maximum atomic E-state index is 11.8. The molecule has 4 nitrogen and oxygen atoms in total. The van der Waals surface area contributed by atoms with Gasteiger partial charge in [0.05, 0.1) is 0 Å². The second-order valence-electron chi connectivity index (χ2n) is 1.84. The molecule has 0 fully saturated rings. The lowest BCUT2D eigenvalue weighted by Gasteiger charge is -2.03. The fourth-order valence-electron chi connectivity index (χ4n) is 0.493. The minimum absolute atomic E-state index is 0.250. The van der Waals surface area contributed by atoms with Gasteiger partial charge in [0.2, 0.25) is 11.7 Å². The van der Waals surface area contributed by atoms with Gasteiger partial charge in [-0.1, -0.05) is 0 Å². The lowest BCUT2D eigenvalue weighted by molar-refractivity contribution is -0.141. The zero-order valence-corrected chi connectivity index (χ0v) is 7.38. The van der Waals surface area contributed by atoms with E-state index in [-0.39, 0.29) is 6.41 Å². The number of aromatic nitrogens is 2. The maximum absolute atomic E-state index is 11.8. The summed E-state index contributed by atoms with van der Waals surface area (Å²) in [5, 5.41) is -0.403. The van der Waals surface area contributed by atoms with Crippen LogP contribution in [0.5, 0.6) is 0 Å². The summed E-state index contributed by atoms with van der Waals surface area (Å²) in [6.07, 6.45) is -3.25. The van der Waals surface area contributed by atoms with Gasteiger partial charge in [0.1, 0.15) is 5.69 Å². The summed E-state index contributed by atoms with van der Waals surface area (Å²) in [4.78, 5) is 14.9. The predicted octanol–water partition coefficient (Wildman–Crippen LogP) is 1.25. The zero-order valence-electron chi connectivity index (χ0n) is 6.62. The Morgan fingerprint density at radius 3 is 2.29 bits per heavy atom. The quantitative estimate of drug-likeness (QED) is 0.536. The predicted molar refractivity (Wildman–Crippen MR) is 42.3 cm³/mol. The van der Waals surface area contributed by atoms with Gasteiger partial charge < -0.3 is 5.73 Å². The summed E-state index contributed by atoms with van der Waals surface area (Å²) in [5.41, 5.74) is 3.14. The van der Waals surface area contributed by atoms with E-state index in [1.54, 1.807) is 0 Å². The molecule has 0 radical (unpaired) electrons. The smallest absolute Gasteiger partial charge is 0.372 e. The summed E-state index contributed by atoms with van der Waals surface area (Å²) < 4.78 is 35.5. The first-order valence-electron chi connectivity index (χ1n) is 3.13. The van der Waals surface area contributed by atoms with E-state index in [4.69, 9.17) is 16.4 Å². The average Bonchev–Trinajstić information content (AvgIpc) is 2.04. The number of alkyl halides is 3. The maximum Gasteiger partial charge on any atom is 0.433 e. The van der Waals surface area contributed by atoms with Crippen molar-refractivity contribution >= 4 is 18.0 Å². The molecule has 78 valence electrons. The molecular formula is C6H5ClF3N3O. The molecule has 0 bridgehead atoms. The van der Waals surface area contributed by atoms with Gasteiger partial charge in [0.15, 0.2) is 0 Å². The minimum atomic E-state index is -4.45. The molecule has 8 heteroatoms. The van der Waals surface area contributed by atoms with Gasteiger partial charge >= 0.3 is 6.18 Å². The molecule has 0 spiro atoms. The van der Waals surface area contributed by atoms with Crippen molar-refractivity contribution in [2.75, 3.05) is 0 Å². The normalized spacial score (nSPS) is 10.0. The van der Waals surface area contributed by atoms with Crippen LogP contribution in [0.1, 0.15) is 5.69 Å². The molecule has 1 heterocycles. The molecule has 1 aromatic rings. The van der Waals surface area contributed by atoms with E-state index < -0.39 is 17.2 Å². The molecule has 0 aromatic carbocycles. The number of halogens is 4. The van der Waals surface area contributed by atoms with Crippen LogP contribution in [0.15, 0.2) is 12.3 Å². The fraction of sp³-hybridized carbons (Fsp3) is 0.167. The highest BCUT2D eigenvalue weighted by Crippen LogP contribution is 2.27. The van der Waals surface area contributed by atoms with Crippen LogP contribution >= 0.6 is 11.6 Å². The third-order valence-electron chi connectivity index (χ3n) is 0.917. The van der Waals surface area contributed by atoms with Gasteiger partial charge in [0.25, 0.3) is 0 Å². The van der Waals surface area contributed by atoms with Crippen LogP contribution in [0.2, 0.25) is 5.28 Å². The molecule has 0 saturated heterocycles. The molecular weight excluding hydrogens is 223 g/mol. The summed E-state index contributed by atoms with van der Waals surface area (Å²) in [7, 11) is 0. The molecule has 1 amide bonds. The third kappa shape index (κ3) is 4.61. The summed E-state index contributed by atoms with van der Waals surface area (Å²) >= 11 is 5.13. The Kier molecular flexibility index (Phi) is 4.85. The molecule has 2 N–H and O–H groups in total. The van der Waals surface area contributed by atoms with Crippen molar-refractivity contribution in [3.05, 3.63) is 23.2 Å². The van der Waals surface area contributed by atoms with Crippen molar-refractivity contribution < 1.29 is 18.0 Å². The molecule has 0 unspecified atom stereocenters. The molecule has 0 saturated carbocycles. The molecule has 0 atom stereocenters. The highest BCUT2D eigenvalue weighted by Gasteiger charge is 2.32. The van der Waals surface area contributed by atoms with Gasteiger partial charge in [-0.2, -0.15) is 13.2 Å². The molecule has 1 aromatic heterocycles. The average molecular weight is 228 g/mol. The van der Waals surface area contributed by atoms with Crippen molar-refractivity contribution in [1.29, 1.82) is 0 Å². The number of carbonyl (C=O) groups is 1. The number of nitrogens with zero attached hydrogens (tertiary/aromatic N) is 2. The number of primary amides is 1. The number of nitrogens with two attached hydrogens (primary N) is 1. The lowest BCUT2D eigenvalue weighted by atomic mass is 10.4. The van der Waals surface area contributed by atoms with Crippen molar-refractivity contribution in [3.8, 4) is 0 Å². The van der Waals surface area contributed by atoms with Crippen LogP contribution in [0, 0.1) is 0 Å². The van der Waals surface area contributed by atoms with E-state index >= 15 is 0 Å². The minimum Gasteiger partial charge on any atom is -0.372 e. The van der Waals surface area contributed by atoms with E-state index in [2.05, 4.69) is 15.7 Å². The molecule has 0 aliphatic rings. The Labute approximate surface area is 81.9 Å². The Bertz CT molecular complexity index is 305. The van der Waals surface area contributed by atoms with Gasteiger partial charge in [-0.25, -0.2) is 9.97 Å². The fourth-order valence-corrected chi connectivity index (χ4v) is 0.640. The lowest BCUT2D eigenvalue weighted by Crippen LogP contribution is -2.07. The van der Waals surface area contributed by atoms with Gasteiger partial charge in [0, 0.05) is 6.20 Å². The van der Waals surface area contributed by atoms with Crippen LogP contribution in [0.4, 0.5) is 13.2 Å². The molecule has 14 heavy (non-hydrogen) atoms. The molecule has 0 aliphatic carbocycles. The summed E-state index contributed by atoms with van der Waals surface area (Å²) in [6.45, 7) is 0. The first-order chi connectivity index (χ1) is 6.41. The van der Waals surface area contributed by atoms with Crippen LogP contribution in [0.3, 0.4) is 0 Å². The molecule has 1 rings (SSSR count). The summed E-state index contributed by atoms with van der Waals surface area (Å²) in [6, 6.07) is 0.756. The van der Waals surface area contributed by atoms with E-state index in [1.807, 2.05) is 0 Å². The number of hydrogen-bond donors (Lipinski definition) is 1. The van der Waals surface area contributed by atoms with E-state index in [0.717, 1.165) is 12.3 Å². The van der Waals surface area contributed by atoms with Crippen molar-refractivity contribution in [2.45, 2.75) is 6.18 Å². The number of carbonyl (C=O) groups excluding carboxylic acids is 1. The zero-order chi connectivity index (χ0) is 11.2. The SMILES string of the molecule is FC(F)(F)c1ccnc(Cl)n1.NC=O. The van der Waals surface area contributed by atoms with Gasteiger partial charge in [-0.15, -0.1) is 0 Å². The van der Waals surface area contributed by atoms with E-state index in [9.17, 15) is 13.2 Å². The van der Waals surface area contributed by atoms with Crippen LogP contribution in [-0.4, -0.2) is 16.4 Å². The topological polar surface area (TPSA) is 68.9 Å².